The third-order valence-corrected chi connectivity index (χ3v) is 2.83. The Bertz CT molecular complexity index is 174. The molecule has 0 radical (unpaired) electrons. The molecule has 0 unspecified atom stereocenters. The van der Waals surface area contributed by atoms with Gasteiger partial charge in [0.25, 0.3) is 0 Å². The number of likely N-dealkylation sites (N-methyl/N-ethyl adjacent to an activating group) is 1. The molecular weight excluding hydrogens is 167 g/mol. The van der Waals surface area contributed by atoms with E-state index >= 15 is 0 Å². The topological polar surface area (TPSA) is 6.48 Å². The molecule has 0 aliphatic carbocycles. The molecule has 1 rings (SSSR count). The average molecular weight is 188 g/mol. The zero-order valence-electron chi connectivity index (χ0n) is 9.34. The van der Waals surface area contributed by atoms with Crippen LogP contribution >= 0.6 is 0 Å². The summed E-state index contributed by atoms with van der Waals surface area (Å²) in [6, 6.07) is 0.0687. The maximum absolute atomic E-state index is 13.5. The highest BCUT2D eigenvalue weighted by Gasteiger charge is 2.38. The Morgan fingerprint density at radius 1 is 1.23 bits per heavy atom. The lowest BCUT2D eigenvalue weighted by Gasteiger charge is -2.31. The van der Waals surface area contributed by atoms with E-state index in [9.17, 15) is 4.39 Å². The van der Waals surface area contributed by atoms with Crippen molar-refractivity contribution in [2.45, 2.75) is 38.5 Å². The molecule has 78 valence electrons. The summed E-state index contributed by atoms with van der Waals surface area (Å²) >= 11 is 0. The van der Waals surface area contributed by atoms with Crippen molar-refractivity contribution in [3.05, 3.63) is 0 Å². The van der Waals surface area contributed by atoms with E-state index in [0.717, 1.165) is 6.54 Å². The molecular formula is C10H21FN2. The molecule has 0 aromatic heterocycles. The molecule has 1 saturated heterocycles. The highest BCUT2D eigenvalue weighted by molar-refractivity contribution is 4.94. The van der Waals surface area contributed by atoms with Gasteiger partial charge in [0.15, 0.2) is 0 Å². The van der Waals surface area contributed by atoms with Crippen LogP contribution in [0.25, 0.3) is 0 Å². The van der Waals surface area contributed by atoms with Crippen molar-refractivity contribution in [2.24, 2.45) is 0 Å². The van der Waals surface area contributed by atoms with Crippen LogP contribution in [0.5, 0.6) is 0 Å². The van der Waals surface area contributed by atoms with Gasteiger partial charge in [-0.15, -0.1) is 0 Å². The van der Waals surface area contributed by atoms with E-state index in [1.165, 1.54) is 0 Å². The van der Waals surface area contributed by atoms with Gasteiger partial charge in [0.1, 0.15) is 6.17 Å². The molecule has 2 atom stereocenters. The summed E-state index contributed by atoms with van der Waals surface area (Å²) in [6.07, 6.45) is -0.700. The van der Waals surface area contributed by atoms with E-state index in [0.29, 0.717) is 6.54 Å². The second kappa shape index (κ2) is 3.54. The highest BCUT2D eigenvalue weighted by atomic mass is 19.1. The normalized spacial score (nSPS) is 31.6. The molecule has 2 nitrogen and oxygen atoms in total. The number of halogens is 1. The molecule has 0 N–H and O–H groups in total. The molecule has 0 saturated carbocycles. The Morgan fingerprint density at radius 3 is 2.00 bits per heavy atom. The number of alkyl halides is 1. The van der Waals surface area contributed by atoms with E-state index in [1.807, 2.05) is 19.0 Å². The first-order valence-corrected chi connectivity index (χ1v) is 4.88. The van der Waals surface area contributed by atoms with Crippen LogP contribution in [0.3, 0.4) is 0 Å². The molecule has 0 aromatic carbocycles. The molecule has 3 heteroatoms. The lowest BCUT2D eigenvalue weighted by atomic mass is 10.1. The van der Waals surface area contributed by atoms with E-state index < -0.39 is 6.17 Å². The molecule has 13 heavy (non-hydrogen) atoms. The summed E-state index contributed by atoms with van der Waals surface area (Å²) in [4.78, 5) is 4.19. The molecule has 1 heterocycles. The van der Waals surface area contributed by atoms with Gasteiger partial charge in [0.2, 0.25) is 0 Å². The standard InChI is InChI=1S/C10H21FN2/c1-10(2,3)13-6-8(11)9(7-13)12(4)5/h8-9H,6-7H2,1-5H3/t8-,9+/m1/s1. The van der Waals surface area contributed by atoms with Crippen molar-refractivity contribution in [2.75, 3.05) is 27.2 Å². The fraction of sp³-hybridized carbons (Fsp3) is 1.00. The van der Waals surface area contributed by atoms with Crippen LogP contribution < -0.4 is 0 Å². The Kier molecular flexibility index (Phi) is 2.98. The molecule has 1 aliphatic heterocycles. The first kappa shape index (κ1) is 10.9. The van der Waals surface area contributed by atoms with Gasteiger partial charge in [-0.1, -0.05) is 0 Å². The maximum Gasteiger partial charge on any atom is 0.129 e. The number of hydrogen-bond donors (Lipinski definition) is 0. The second-order valence-corrected chi connectivity index (χ2v) is 5.12. The van der Waals surface area contributed by atoms with E-state index in [2.05, 4.69) is 25.7 Å². The summed E-state index contributed by atoms with van der Waals surface area (Å²) in [6.45, 7) is 7.83. The Hall–Kier alpha value is -0.150. The summed E-state index contributed by atoms with van der Waals surface area (Å²) < 4.78 is 13.5. The van der Waals surface area contributed by atoms with Gasteiger partial charge in [0.05, 0.1) is 6.04 Å². The van der Waals surface area contributed by atoms with Crippen LogP contribution in [0.1, 0.15) is 20.8 Å². The predicted octanol–water partition coefficient (Wildman–Crippen LogP) is 1.37. The molecule has 0 spiro atoms. The molecule has 0 aromatic rings. The largest absolute Gasteiger partial charge is 0.302 e. The van der Waals surface area contributed by atoms with Crippen molar-refractivity contribution in [3.63, 3.8) is 0 Å². The van der Waals surface area contributed by atoms with Gasteiger partial charge in [-0.05, 0) is 34.9 Å². The van der Waals surface area contributed by atoms with Crippen molar-refractivity contribution in [1.82, 2.24) is 9.80 Å². The van der Waals surface area contributed by atoms with Gasteiger partial charge >= 0.3 is 0 Å². The highest BCUT2D eigenvalue weighted by Crippen LogP contribution is 2.24. The van der Waals surface area contributed by atoms with Gasteiger partial charge in [-0.3, -0.25) is 4.90 Å². The lowest BCUT2D eigenvalue weighted by molar-refractivity contribution is 0.158. The first-order valence-electron chi connectivity index (χ1n) is 4.88. The van der Waals surface area contributed by atoms with Crippen LogP contribution in [0.15, 0.2) is 0 Å². The number of nitrogens with zero attached hydrogens (tertiary/aromatic N) is 2. The van der Waals surface area contributed by atoms with Gasteiger partial charge in [0, 0.05) is 18.6 Å². The van der Waals surface area contributed by atoms with E-state index in [1.54, 1.807) is 0 Å². The average Bonchev–Trinajstić information content (AvgIpc) is 2.29. The zero-order valence-corrected chi connectivity index (χ0v) is 9.34. The molecule has 0 amide bonds. The van der Waals surface area contributed by atoms with Crippen molar-refractivity contribution in [3.8, 4) is 0 Å². The summed E-state index contributed by atoms with van der Waals surface area (Å²) in [7, 11) is 3.90. The Labute approximate surface area is 80.7 Å². The third-order valence-electron chi connectivity index (χ3n) is 2.83. The summed E-state index contributed by atoms with van der Waals surface area (Å²) in [5.41, 5.74) is 0.0924. The van der Waals surface area contributed by atoms with Crippen LogP contribution in [0.4, 0.5) is 4.39 Å². The third kappa shape index (κ3) is 2.41. The minimum atomic E-state index is -0.700. The van der Waals surface area contributed by atoms with Crippen molar-refractivity contribution < 1.29 is 4.39 Å². The lowest BCUT2D eigenvalue weighted by Crippen LogP contribution is -2.41. The van der Waals surface area contributed by atoms with Crippen LogP contribution in [-0.2, 0) is 0 Å². The second-order valence-electron chi connectivity index (χ2n) is 5.12. The monoisotopic (exact) mass is 188 g/mol. The fourth-order valence-corrected chi connectivity index (χ4v) is 1.78. The molecule has 0 bridgehead atoms. The van der Waals surface area contributed by atoms with E-state index in [4.69, 9.17) is 0 Å². The quantitative estimate of drug-likeness (QED) is 0.613. The molecule has 1 aliphatic rings. The van der Waals surface area contributed by atoms with Crippen molar-refractivity contribution >= 4 is 0 Å². The first-order chi connectivity index (χ1) is 5.82. The fourth-order valence-electron chi connectivity index (χ4n) is 1.78. The number of hydrogen-bond acceptors (Lipinski definition) is 2. The zero-order chi connectivity index (χ0) is 10.2. The van der Waals surface area contributed by atoms with Gasteiger partial charge in [-0.25, -0.2) is 4.39 Å². The number of likely N-dealkylation sites (tertiary alicyclic amines) is 1. The SMILES string of the molecule is CN(C)[C@H]1CN(C(C)(C)C)C[C@H]1F. The smallest absolute Gasteiger partial charge is 0.129 e. The van der Waals surface area contributed by atoms with Gasteiger partial charge in [-0.2, -0.15) is 0 Å². The minimum absolute atomic E-state index is 0.0687. The van der Waals surface area contributed by atoms with Gasteiger partial charge < -0.3 is 4.90 Å². The summed E-state index contributed by atoms with van der Waals surface area (Å²) in [5, 5.41) is 0. The Balaban J connectivity index is 2.60. The number of rotatable bonds is 1. The Morgan fingerprint density at radius 2 is 1.77 bits per heavy atom. The molecule has 1 fully saturated rings. The van der Waals surface area contributed by atoms with E-state index in [-0.39, 0.29) is 11.6 Å². The van der Waals surface area contributed by atoms with Crippen LogP contribution in [0, 0.1) is 0 Å². The van der Waals surface area contributed by atoms with Crippen molar-refractivity contribution in [1.29, 1.82) is 0 Å². The minimum Gasteiger partial charge on any atom is -0.302 e. The van der Waals surface area contributed by atoms with Crippen LogP contribution in [0.2, 0.25) is 0 Å². The predicted molar refractivity (Wildman–Crippen MR) is 53.7 cm³/mol. The van der Waals surface area contributed by atoms with Crippen LogP contribution in [-0.4, -0.2) is 54.7 Å². The summed E-state index contributed by atoms with van der Waals surface area (Å²) in [5.74, 6) is 0. The maximum atomic E-state index is 13.5.